The van der Waals surface area contributed by atoms with Crippen molar-refractivity contribution in [1.82, 2.24) is 14.8 Å². The Bertz CT molecular complexity index is 472. The SMILES string of the molecule is O=c1ccn(-c2ccc(Cl)nn2)cc1. The fourth-order valence-electron chi connectivity index (χ4n) is 1.01. The van der Waals surface area contributed by atoms with Gasteiger partial charge in [-0.1, -0.05) is 11.6 Å². The third-order valence-electron chi connectivity index (χ3n) is 1.68. The first-order valence-electron chi connectivity index (χ1n) is 3.94. The van der Waals surface area contributed by atoms with Gasteiger partial charge in [-0.2, -0.15) is 0 Å². The van der Waals surface area contributed by atoms with Crippen molar-refractivity contribution in [3.05, 3.63) is 52.0 Å². The van der Waals surface area contributed by atoms with Crippen LogP contribution in [0.2, 0.25) is 5.15 Å². The molecule has 0 aliphatic carbocycles. The van der Waals surface area contributed by atoms with Gasteiger partial charge in [-0.25, -0.2) is 0 Å². The van der Waals surface area contributed by atoms with Crippen LogP contribution in [-0.4, -0.2) is 14.8 Å². The minimum Gasteiger partial charge on any atom is -0.307 e. The predicted octanol–water partition coefficient (Wildman–Crippen LogP) is 1.28. The van der Waals surface area contributed by atoms with E-state index in [1.54, 1.807) is 29.1 Å². The molecule has 0 N–H and O–H groups in total. The van der Waals surface area contributed by atoms with Crippen LogP contribution < -0.4 is 5.43 Å². The summed E-state index contributed by atoms with van der Waals surface area (Å²) in [6.07, 6.45) is 3.25. The topological polar surface area (TPSA) is 47.8 Å². The minimum atomic E-state index is -0.0387. The van der Waals surface area contributed by atoms with Crippen molar-refractivity contribution in [2.75, 3.05) is 0 Å². The first-order chi connectivity index (χ1) is 6.75. The van der Waals surface area contributed by atoms with Crippen LogP contribution in [0.25, 0.3) is 5.82 Å². The van der Waals surface area contributed by atoms with E-state index in [4.69, 9.17) is 11.6 Å². The van der Waals surface area contributed by atoms with E-state index < -0.39 is 0 Å². The lowest BCUT2D eigenvalue weighted by Crippen LogP contribution is -2.03. The summed E-state index contributed by atoms with van der Waals surface area (Å²) in [6.45, 7) is 0. The summed E-state index contributed by atoms with van der Waals surface area (Å²) in [4.78, 5) is 10.8. The lowest BCUT2D eigenvalue weighted by Gasteiger charge is -2.02. The van der Waals surface area contributed by atoms with Gasteiger partial charge in [0.05, 0.1) is 0 Å². The molecule has 0 unspecified atom stereocenters. The third kappa shape index (κ3) is 1.80. The van der Waals surface area contributed by atoms with Crippen LogP contribution in [-0.2, 0) is 0 Å². The summed E-state index contributed by atoms with van der Waals surface area (Å²) in [6, 6.07) is 6.27. The monoisotopic (exact) mass is 207 g/mol. The molecule has 0 saturated carbocycles. The molecule has 0 saturated heterocycles. The molecule has 5 heteroatoms. The summed E-state index contributed by atoms with van der Waals surface area (Å²) in [5.74, 6) is 0.620. The molecule has 0 aliphatic heterocycles. The van der Waals surface area contributed by atoms with Crippen molar-refractivity contribution >= 4 is 11.6 Å². The number of hydrogen-bond donors (Lipinski definition) is 0. The van der Waals surface area contributed by atoms with Gasteiger partial charge >= 0.3 is 0 Å². The summed E-state index contributed by atoms with van der Waals surface area (Å²) in [7, 11) is 0. The van der Waals surface area contributed by atoms with Gasteiger partial charge in [0.25, 0.3) is 0 Å². The number of rotatable bonds is 1. The molecule has 0 fully saturated rings. The van der Waals surface area contributed by atoms with Crippen LogP contribution in [0, 0.1) is 0 Å². The average Bonchev–Trinajstić information content (AvgIpc) is 2.21. The maximum atomic E-state index is 10.8. The molecule has 0 atom stereocenters. The van der Waals surface area contributed by atoms with Gasteiger partial charge in [-0.05, 0) is 12.1 Å². The Hall–Kier alpha value is -1.68. The summed E-state index contributed by atoms with van der Waals surface area (Å²) < 4.78 is 1.69. The lowest BCUT2D eigenvalue weighted by molar-refractivity contribution is 0.905. The maximum Gasteiger partial charge on any atom is 0.181 e. The number of pyridine rings is 1. The Morgan fingerprint density at radius 3 is 2.36 bits per heavy atom. The Kier molecular flexibility index (Phi) is 2.28. The largest absolute Gasteiger partial charge is 0.307 e. The van der Waals surface area contributed by atoms with Gasteiger partial charge in [-0.3, -0.25) is 4.79 Å². The maximum absolute atomic E-state index is 10.8. The van der Waals surface area contributed by atoms with E-state index in [1.807, 2.05) is 0 Å². The smallest absolute Gasteiger partial charge is 0.181 e. The second-order valence-electron chi connectivity index (χ2n) is 2.66. The standard InChI is InChI=1S/C9H6ClN3O/c10-8-1-2-9(12-11-8)13-5-3-7(14)4-6-13/h1-6H. The van der Waals surface area contributed by atoms with E-state index in [0.29, 0.717) is 11.0 Å². The fourth-order valence-corrected chi connectivity index (χ4v) is 1.11. The molecule has 4 nitrogen and oxygen atoms in total. The molecule has 0 aliphatic rings. The molecular weight excluding hydrogens is 202 g/mol. The van der Waals surface area contributed by atoms with Crippen molar-refractivity contribution < 1.29 is 0 Å². The van der Waals surface area contributed by atoms with E-state index in [9.17, 15) is 4.79 Å². The molecule has 70 valence electrons. The summed E-state index contributed by atoms with van der Waals surface area (Å²) in [5, 5.41) is 7.89. The summed E-state index contributed by atoms with van der Waals surface area (Å²) >= 11 is 5.59. The first kappa shape index (κ1) is 8.90. The number of nitrogens with zero attached hydrogens (tertiary/aromatic N) is 3. The summed E-state index contributed by atoms with van der Waals surface area (Å²) in [5.41, 5.74) is -0.0387. The molecule has 2 rings (SSSR count). The normalized spacial score (nSPS) is 10.1. The zero-order chi connectivity index (χ0) is 9.97. The van der Waals surface area contributed by atoms with E-state index >= 15 is 0 Å². The second kappa shape index (κ2) is 3.59. The molecule has 0 aromatic carbocycles. The van der Waals surface area contributed by atoms with Crippen molar-refractivity contribution in [2.24, 2.45) is 0 Å². The first-order valence-corrected chi connectivity index (χ1v) is 4.31. The van der Waals surface area contributed by atoms with Gasteiger partial charge < -0.3 is 4.57 Å². The molecule has 2 aromatic rings. The number of halogens is 1. The Balaban J connectivity index is 2.44. The van der Waals surface area contributed by atoms with E-state index in [-0.39, 0.29) is 5.43 Å². The van der Waals surface area contributed by atoms with Crippen molar-refractivity contribution in [3.63, 3.8) is 0 Å². The van der Waals surface area contributed by atoms with Crippen LogP contribution in [0.1, 0.15) is 0 Å². The van der Waals surface area contributed by atoms with Crippen LogP contribution in [0.4, 0.5) is 0 Å². The molecule has 14 heavy (non-hydrogen) atoms. The van der Waals surface area contributed by atoms with Crippen molar-refractivity contribution in [2.45, 2.75) is 0 Å². The van der Waals surface area contributed by atoms with Gasteiger partial charge in [0, 0.05) is 24.5 Å². The highest BCUT2D eigenvalue weighted by Gasteiger charge is 1.96. The molecule has 0 bridgehead atoms. The van der Waals surface area contributed by atoms with Gasteiger partial charge in [-0.15, -0.1) is 10.2 Å². The highest BCUT2D eigenvalue weighted by atomic mass is 35.5. The van der Waals surface area contributed by atoms with E-state index in [1.165, 1.54) is 12.1 Å². The minimum absolute atomic E-state index is 0.0387. The molecular formula is C9H6ClN3O. The average molecular weight is 208 g/mol. The van der Waals surface area contributed by atoms with Crippen LogP contribution in [0.5, 0.6) is 0 Å². The molecule has 2 aromatic heterocycles. The molecule has 0 spiro atoms. The Morgan fingerprint density at radius 1 is 1.07 bits per heavy atom. The fraction of sp³-hybridized carbons (Fsp3) is 0. The van der Waals surface area contributed by atoms with Gasteiger partial charge in [0.15, 0.2) is 16.4 Å². The Morgan fingerprint density at radius 2 is 1.79 bits per heavy atom. The number of hydrogen-bond acceptors (Lipinski definition) is 3. The van der Waals surface area contributed by atoms with Gasteiger partial charge in [0.2, 0.25) is 0 Å². The quantitative estimate of drug-likeness (QED) is 0.708. The zero-order valence-corrected chi connectivity index (χ0v) is 7.85. The van der Waals surface area contributed by atoms with Crippen LogP contribution >= 0.6 is 11.6 Å². The van der Waals surface area contributed by atoms with Gasteiger partial charge in [0.1, 0.15) is 0 Å². The van der Waals surface area contributed by atoms with Crippen molar-refractivity contribution in [3.8, 4) is 5.82 Å². The van der Waals surface area contributed by atoms with Crippen molar-refractivity contribution in [1.29, 1.82) is 0 Å². The molecule has 2 heterocycles. The zero-order valence-electron chi connectivity index (χ0n) is 7.09. The van der Waals surface area contributed by atoms with Crippen LogP contribution in [0.3, 0.4) is 0 Å². The van der Waals surface area contributed by atoms with E-state index in [2.05, 4.69) is 10.2 Å². The lowest BCUT2D eigenvalue weighted by atomic mass is 10.4. The predicted molar refractivity (Wildman–Crippen MR) is 52.6 cm³/mol. The Labute approximate surface area is 84.8 Å². The second-order valence-corrected chi connectivity index (χ2v) is 3.04. The third-order valence-corrected chi connectivity index (χ3v) is 1.88. The highest BCUT2D eigenvalue weighted by molar-refractivity contribution is 6.29. The van der Waals surface area contributed by atoms with Crippen LogP contribution in [0.15, 0.2) is 41.5 Å². The molecule has 0 radical (unpaired) electrons. The highest BCUT2D eigenvalue weighted by Crippen LogP contribution is 2.05. The molecule has 0 amide bonds. The van der Waals surface area contributed by atoms with E-state index in [0.717, 1.165) is 0 Å². The number of aromatic nitrogens is 3.